The number of carbonyl (C=O) groups is 4. The molecule has 0 amide bonds. The third kappa shape index (κ3) is 8.45. The van der Waals surface area contributed by atoms with Crippen molar-refractivity contribution in [2.45, 2.75) is 116 Å². The minimum absolute atomic E-state index is 0.271. The highest BCUT2D eigenvalue weighted by atomic mass is 35.5. The second-order valence-electron chi connectivity index (χ2n) is 11.2. The van der Waals surface area contributed by atoms with Crippen LogP contribution in [0.4, 0.5) is 0 Å². The average molecular weight is 615 g/mol. The Morgan fingerprint density at radius 1 is 0.780 bits per heavy atom. The molecule has 1 aromatic carbocycles. The van der Waals surface area contributed by atoms with E-state index in [1.807, 2.05) is 0 Å². The SMILES string of the molecule is CC(=O)OC[C@H]1O[C@@H](c2ccc(Cl)c(O[Si](C(C)C)(C(C)C)C(C)C)c2)[C@H](OC(C)=O)[C@@H](OC(C)=O)[C@@H]1OC(C)=O. The molecule has 0 saturated carbocycles. The molecule has 0 aromatic heterocycles. The Hall–Kier alpha value is -2.63. The second kappa shape index (κ2) is 14.5. The maximum Gasteiger partial charge on any atom is 0.303 e. The van der Waals surface area contributed by atoms with E-state index >= 15 is 0 Å². The predicted molar refractivity (Wildman–Crippen MR) is 154 cm³/mol. The first kappa shape index (κ1) is 34.6. The molecule has 0 aliphatic carbocycles. The Kier molecular flexibility index (Phi) is 12.2. The van der Waals surface area contributed by atoms with Crippen LogP contribution in [-0.2, 0) is 42.9 Å². The molecule has 1 heterocycles. The highest BCUT2D eigenvalue weighted by Crippen LogP contribution is 2.46. The van der Waals surface area contributed by atoms with Crippen LogP contribution in [0.1, 0.15) is 80.9 Å². The maximum atomic E-state index is 12.2. The number of hydrogen-bond donors (Lipinski definition) is 0. The summed E-state index contributed by atoms with van der Waals surface area (Å²) in [6.07, 6.45) is -5.80. The lowest BCUT2D eigenvalue weighted by Crippen LogP contribution is -2.59. The minimum Gasteiger partial charge on any atom is -0.542 e. The van der Waals surface area contributed by atoms with Crippen LogP contribution < -0.4 is 4.43 Å². The van der Waals surface area contributed by atoms with Crippen LogP contribution in [0.5, 0.6) is 5.75 Å². The third-order valence-corrected chi connectivity index (χ3v) is 13.6. The molecule has 1 aliphatic rings. The van der Waals surface area contributed by atoms with Gasteiger partial charge in [-0.25, -0.2) is 0 Å². The summed E-state index contributed by atoms with van der Waals surface area (Å²) in [6, 6.07) is 5.10. The van der Waals surface area contributed by atoms with Gasteiger partial charge in [0.15, 0.2) is 18.3 Å². The van der Waals surface area contributed by atoms with E-state index in [1.54, 1.807) is 18.2 Å². The van der Waals surface area contributed by atoms with E-state index < -0.39 is 62.7 Å². The van der Waals surface area contributed by atoms with Gasteiger partial charge in [-0.15, -0.1) is 0 Å². The monoisotopic (exact) mass is 614 g/mol. The highest BCUT2D eigenvalue weighted by Gasteiger charge is 2.53. The van der Waals surface area contributed by atoms with Gasteiger partial charge in [0, 0.05) is 27.7 Å². The van der Waals surface area contributed by atoms with Gasteiger partial charge in [0.2, 0.25) is 0 Å². The first-order chi connectivity index (χ1) is 19.0. The molecule has 10 nitrogen and oxygen atoms in total. The first-order valence-corrected chi connectivity index (χ1v) is 16.3. The topological polar surface area (TPSA) is 124 Å². The van der Waals surface area contributed by atoms with Crippen molar-refractivity contribution in [2.24, 2.45) is 0 Å². The van der Waals surface area contributed by atoms with Crippen LogP contribution in [0.3, 0.4) is 0 Å². The van der Waals surface area contributed by atoms with Crippen molar-refractivity contribution in [1.82, 2.24) is 0 Å². The highest BCUT2D eigenvalue weighted by molar-refractivity contribution is 6.78. The van der Waals surface area contributed by atoms with Crippen LogP contribution in [0, 0.1) is 0 Å². The third-order valence-electron chi connectivity index (χ3n) is 7.27. The van der Waals surface area contributed by atoms with Crippen molar-refractivity contribution < 1.29 is 47.3 Å². The summed E-state index contributed by atoms with van der Waals surface area (Å²) in [7, 11) is -2.41. The number of esters is 4. The Labute approximate surface area is 248 Å². The van der Waals surface area contributed by atoms with Crippen LogP contribution >= 0.6 is 11.6 Å². The number of carbonyl (C=O) groups excluding carboxylic acids is 4. The summed E-state index contributed by atoms with van der Waals surface area (Å²) >= 11 is 6.65. The fourth-order valence-electron chi connectivity index (χ4n) is 5.82. The van der Waals surface area contributed by atoms with E-state index in [2.05, 4.69) is 41.5 Å². The molecular weight excluding hydrogens is 572 g/mol. The van der Waals surface area contributed by atoms with Gasteiger partial charge < -0.3 is 28.1 Å². The summed E-state index contributed by atoms with van der Waals surface area (Å²) in [5, 5.41) is 0.401. The van der Waals surface area contributed by atoms with Gasteiger partial charge in [0.05, 0.1) is 5.02 Å². The molecule has 1 fully saturated rings. The number of hydrogen-bond acceptors (Lipinski definition) is 10. The van der Waals surface area contributed by atoms with E-state index in [9.17, 15) is 19.2 Å². The molecule has 1 saturated heterocycles. The van der Waals surface area contributed by atoms with Crippen molar-refractivity contribution in [2.75, 3.05) is 6.61 Å². The fourth-order valence-corrected chi connectivity index (χ4v) is 11.3. The zero-order valence-electron chi connectivity index (χ0n) is 25.5. The lowest BCUT2D eigenvalue weighted by atomic mass is 9.90. The summed E-state index contributed by atoms with van der Waals surface area (Å²) in [5.74, 6) is -2.18. The standard InChI is InChI=1S/C29H43ClO10Si/c1-15(2)41(16(3)4,17(5)6)40-24-13-22(11-12-23(24)30)26-28(37-20(9)33)29(38-21(10)34)27(36-19(8)32)25(39-26)14-35-18(7)31/h11-13,15-17,25-29H,14H2,1-10H3/t25-,26+,27-,28+,29+/m1/s1. The summed E-state index contributed by atoms with van der Waals surface area (Å²) < 4.78 is 35.0. The summed E-state index contributed by atoms with van der Waals surface area (Å²) in [4.78, 5) is 48.1. The molecule has 1 aromatic rings. The van der Waals surface area contributed by atoms with Gasteiger partial charge in [-0.2, -0.15) is 0 Å². The van der Waals surface area contributed by atoms with E-state index in [4.69, 9.17) is 39.7 Å². The van der Waals surface area contributed by atoms with E-state index in [1.165, 1.54) is 27.7 Å². The molecule has 2 rings (SSSR count). The van der Waals surface area contributed by atoms with Gasteiger partial charge in [0.1, 0.15) is 24.6 Å². The molecule has 5 atom stereocenters. The average Bonchev–Trinajstić information content (AvgIpc) is 2.83. The zero-order valence-corrected chi connectivity index (χ0v) is 27.3. The van der Waals surface area contributed by atoms with Crippen molar-refractivity contribution in [3.05, 3.63) is 28.8 Å². The van der Waals surface area contributed by atoms with Crippen LogP contribution in [0.25, 0.3) is 0 Å². The van der Waals surface area contributed by atoms with Crippen LogP contribution in [-0.4, -0.2) is 63.2 Å². The van der Waals surface area contributed by atoms with Gasteiger partial charge >= 0.3 is 23.9 Å². The molecule has 230 valence electrons. The van der Waals surface area contributed by atoms with E-state index in [0.29, 0.717) is 16.3 Å². The van der Waals surface area contributed by atoms with E-state index in [-0.39, 0.29) is 23.2 Å². The van der Waals surface area contributed by atoms with Crippen molar-refractivity contribution in [1.29, 1.82) is 0 Å². The Morgan fingerprint density at radius 3 is 1.73 bits per heavy atom. The largest absolute Gasteiger partial charge is 0.542 e. The van der Waals surface area contributed by atoms with Crippen molar-refractivity contribution in [3.63, 3.8) is 0 Å². The molecule has 0 spiro atoms. The maximum absolute atomic E-state index is 12.2. The summed E-state index contributed by atoms with van der Waals surface area (Å²) in [6.45, 7) is 17.4. The van der Waals surface area contributed by atoms with Crippen molar-refractivity contribution in [3.8, 4) is 5.75 Å². The fraction of sp³-hybridized carbons (Fsp3) is 0.655. The Balaban J connectivity index is 2.70. The first-order valence-electron chi connectivity index (χ1n) is 13.8. The molecule has 0 bridgehead atoms. The van der Waals surface area contributed by atoms with Gasteiger partial charge in [-0.05, 0) is 34.3 Å². The van der Waals surface area contributed by atoms with E-state index in [0.717, 1.165) is 0 Å². The molecule has 1 aliphatic heterocycles. The lowest BCUT2D eigenvalue weighted by molar-refractivity contribution is -0.254. The lowest BCUT2D eigenvalue weighted by Gasteiger charge is -2.45. The molecule has 41 heavy (non-hydrogen) atoms. The molecule has 12 heteroatoms. The molecule has 0 radical (unpaired) electrons. The Morgan fingerprint density at radius 2 is 1.27 bits per heavy atom. The summed E-state index contributed by atoms with van der Waals surface area (Å²) in [5.41, 5.74) is 1.33. The number of ether oxygens (including phenoxy) is 5. The molecule has 0 N–H and O–H groups in total. The zero-order chi connectivity index (χ0) is 31.2. The number of rotatable bonds is 11. The van der Waals surface area contributed by atoms with Gasteiger partial charge in [-0.1, -0.05) is 59.2 Å². The predicted octanol–water partition coefficient (Wildman–Crippen LogP) is 5.69. The minimum atomic E-state index is -2.41. The second-order valence-corrected chi connectivity index (χ2v) is 17.0. The van der Waals surface area contributed by atoms with Gasteiger partial charge in [0.25, 0.3) is 8.32 Å². The van der Waals surface area contributed by atoms with Crippen molar-refractivity contribution >= 4 is 43.8 Å². The van der Waals surface area contributed by atoms with Gasteiger partial charge in [-0.3, -0.25) is 19.2 Å². The normalized spacial score (nSPS) is 22.8. The number of benzene rings is 1. The Bertz CT molecular complexity index is 1080. The smallest absolute Gasteiger partial charge is 0.303 e. The number of halogens is 1. The van der Waals surface area contributed by atoms with Crippen LogP contribution in [0.15, 0.2) is 18.2 Å². The molecule has 0 unspecified atom stereocenters. The molecular formula is C29H43ClO10Si. The van der Waals surface area contributed by atoms with Crippen LogP contribution in [0.2, 0.25) is 21.6 Å². The quantitative estimate of drug-likeness (QED) is 0.174.